The van der Waals surface area contributed by atoms with Crippen molar-refractivity contribution < 1.29 is 4.74 Å². The van der Waals surface area contributed by atoms with Crippen LogP contribution in [0.5, 0.6) is 5.75 Å². The molecular formula is C15H18B2N2O. The number of likely N-dealkylation sites (tertiary alicyclic amines) is 1. The summed E-state index contributed by atoms with van der Waals surface area (Å²) in [6.45, 7) is 1.97. The molecule has 3 rings (SSSR count). The molecule has 1 fully saturated rings. The zero-order valence-corrected chi connectivity index (χ0v) is 11.9. The lowest BCUT2D eigenvalue weighted by Gasteiger charge is -2.36. The first-order chi connectivity index (χ1) is 9.60. The molecule has 0 saturated carbocycles. The molecule has 1 N–H and O–H groups in total. The Bertz CT molecular complexity index is 603. The molecule has 3 nitrogen and oxygen atoms in total. The number of ether oxygens (including phenoxy) is 1. The van der Waals surface area contributed by atoms with Gasteiger partial charge in [0.2, 0.25) is 0 Å². The number of fused-ring (bicyclic) bond motifs is 1. The fraction of sp³-hybridized carbons (Fsp3) is 0.467. The second-order valence-corrected chi connectivity index (χ2v) is 5.59. The Balaban J connectivity index is 1.89. The molecule has 100 valence electrons. The van der Waals surface area contributed by atoms with Crippen LogP contribution in [0.15, 0.2) is 24.4 Å². The Kier molecular flexibility index (Phi) is 3.55. The predicted octanol–water partition coefficient (Wildman–Crippen LogP) is 1.81. The standard InChI is InChI=1S/C15H18B2N2O/c1-20-12-4-5-14-13(8-12)11(10-18-14)9-15(16,17)19-6-2-3-7-19/h4-5,8,10,18H,2-3,6-7,9H2,1H3. The maximum atomic E-state index is 6.33. The van der Waals surface area contributed by atoms with Crippen LogP contribution < -0.4 is 4.74 Å². The number of H-pyrrole nitrogens is 1. The van der Waals surface area contributed by atoms with Gasteiger partial charge in [0.05, 0.1) is 22.8 Å². The zero-order chi connectivity index (χ0) is 14.2. The third-order valence-electron chi connectivity index (χ3n) is 4.14. The van der Waals surface area contributed by atoms with Crippen molar-refractivity contribution in [1.29, 1.82) is 0 Å². The number of hydrogen-bond acceptors (Lipinski definition) is 2. The van der Waals surface area contributed by atoms with Gasteiger partial charge >= 0.3 is 0 Å². The molecule has 0 bridgehead atoms. The highest BCUT2D eigenvalue weighted by Gasteiger charge is 2.28. The smallest absolute Gasteiger partial charge is 0.119 e. The first-order valence-corrected chi connectivity index (χ1v) is 7.07. The van der Waals surface area contributed by atoms with Gasteiger partial charge in [-0.25, -0.2) is 0 Å². The van der Waals surface area contributed by atoms with Crippen molar-refractivity contribution in [1.82, 2.24) is 9.88 Å². The average Bonchev–Trinajstić information content (AvgIpc) is 3.08. The van der Waals surface area contributed by atoms with E-state index in [4.69, 9.17) is 20.4 Å². The Morgan fingerprint density at radius 3 is 2.75 bits per heavy atom. The van der Waals surface area contributed by atoms with E-state index in [2.05, 4.69) is 9.88 Å². The van der Waals surface area contributed by atoms with Gasteiger partial charge in [0.15, 0.2) is 0 Å². The monoisotopic (exact) mass is 264 g/mol. The highest BCUT2D eigenvalue weighted by Crippen LogP contribution is 2.27. The number of nitrogens with one attached hydrogen (secondary N) is 1. The van der Waals surface area contributed by atoms with Gasteiger partial charge in [-0.15, -0.1) is 0 Å². The maximum absolute atomic E-state index is 6.33. The first-order valence-electron chi connectivity index (χ1n) is 7.07. The van der Waals surface area contributed by atoms with Gasteiger partial charge in [-0.3, -0.25) is 0 Å². The molecule has 1 aliphatic heterocycles. The van der Waals surface area contributed by atoms with Gasteiger partial charge in [0, 0.05) is 17.1 Å². The second-order valence-electron chi connectivity index (χ2n) is 5.59. The zero-order valence-electron chi connectivity index (χ0n) is 11.9. The largest absolute Gasteiger partial charge is 0.497 e. The maximum Gasteiger partial charge on any atom is 0.119 e. The summed E-state index contributed by atoms with van der Waals surface area (Å²) in [4.78, 5) is 5.44. The molecule has 0 amide bonds. The molecule has 0 aliphatic carbocycles. The minimum absolute atomic E-state index is 0.625. The minimum atomic E-state index is -0.783. The Labute approximate surface area is 122 Å². The van der Waals surface area contributed by atoms with Crippen LogP contribution in [-0.2, 0) is 6.42 Å². The van der Waals surface area contributed by atoms with Crippen LogP contribution in [0.2, 0.25) is 0 Å². The molecule has 0 unspecified atom stereocenters. The number of aromatic amines is 1. The van der Waals surface area contributed by atoms with Crippen molar-refractivity contribution in [2.75, 3.05) is 20.2 Å². The first kappa shape index (κ1) is 13.6. The molecule has 0 atom stereocenters. The number of methoxy groups -OCH3 is 1. The third-order valence-corrected chi connectivity index (χ3v) is 4.14. The van der Waals surface area contributed by atoms with Gasteiger partial charge in [-0.05, 0) is 61.5 Å². The second kappa shape index (κ2) is 5.21. The summed E-state index contributed by atoms with van der Waals surface area (Å²) < 4.78 is 5.29. The highest BCUT2D eigenvalue weighted by atomic mass is 16.5. The SMILES string of the molecule is [B]C([B])(Cc1c[nH]c2ccc(OC)cc12)N1CCCC1. The van der Waals surface area contributed by atoms with E-state index < -0.39 is 5.34 Å². The van der Waals surface area contributed by atoms with Crippen molar-refractivity contribution in [2.45, 2.75) is 24.6 Å². The van der Waals surface area contributed by atoms with Crippen LogP contribution in [0.1, 0.15) is 18.4 Å². The van der Waals surface area contributed by atoms with Crippen LogP contribution in [0.3, 0.4) is 0 Å². The summed E-state index contributed by atoms with van der Waals surface area (Å²) in [5.41, 5.74) is 2.22. The van der Waals surface area contributed by atoms with E-state index in [1.54, 1.807) is 7.11 Å². The van der Waals surface area contributed by atoms with Gasteiger partial charge in [0.1, 0.15) is 5.75 Å². The van der Waals surface area contributed by atoms with Crippen LogP contribution >= 0.6 is 0 Å². The molecular weight excluding hydrogens is 246 g/mol. The quantitative estimate of drug-likeness (QED) is 0.853. The van der Waals surface area contributed by atoms with Crippen molar-refractivity contribution in [3.05, 3.63) is 30.0 Å². The molecule has 20 heavy (non-hydrogen) atoms. The molecule has 4 radical (unpaired) electrons. The molecule has 1 aromatic heterocycles. The van der Waals surface area contributed by atoms with E-state index in [1.165, 1.54) is 12.8 Å². The summed E-state index contributed by atoms with van der Waals surface area (Å²) in [5.74, 6) is 0.846. The summed E-state index contributed by atoms with van der Waals surface area (Å²) in [5, 5.41) is 0.346. The number of hydrogen-bond donors (Lipinski definition) is 1. The van der Waals surface area contributed by atoms with Crippen LogP contribution in [-0.4, -0.2) is 51.1 Å². The van der Waals surface area contributed by atoms with Gasteiger partial charge in [0.25, 0.3) is 0 Å². The fourth-order valence-corrected chi connectivity index (χ4v) is 2.98. The van der Waals surface area contributed by atoms with E-state index in [9.17, 15) is 0 Å². The van der Waals surface area contributed by atoms with Crippen LogP contribution in [0, 0.1) is 0 Å². The van der Waals surface area contributed by atoms with E-state index in [0.29, 0.717) is 6.42 Å². The van der Waals surface area contributed by atoms with Crippen LogP contribution in [0.4, 0.5) is 0 Å². The number of aromatic nitrogens is 1. The summed E-state index contributed by atoms with van der Waals surface area (Å²) in [7, 11) is 14.3. The van der Waals surface area contributed by atoms with Crippen LogP contribution in [0.25, 0.3) is 10.9 Å². The average molecular weight is 264 g/mol. The Morgan fingerprint density at radius 2 is 2.05 bits per heavy atom. The van der Waals surface area contributed by atoms with Gasteiger partial charge < -0.3 is 14.6 Å². The number of benzene rings is 1. The van der Waals surface area contributed by atoms with Crippen molar-refractivity contribution >= 4 is 26.6 Å². The molecule has 0 spiro atoms. The third kappa shape index (κ3) is 2.47. The molecule has 1 aromatic carbocycles. The molecule has 2 heterocycles. The van der Waals surface area contributed by atoms with Crippen molar-refractivity contribution in [2.24, 2.45) is 0 Å². The Morgan fingerprint density at radius 1 is 1.30 bits per heavy atom. The van der Waals surface area contributed by atoms with Gasteiger partial charge in [-0.2, -0.15) is 0 Å². The molecule has 5 heteroatoms. The minimum Gasteiger partial charge on any atom is -0.497 e. The normalized spacial score (nSPS) is 16.9. The Hall–Kier alpha value is -1.35. The fourth-order valence-electron chi connectivity index (χ4n) is 2.98. The molecule has 1 aliphatic rings. The van der Waals surface area contributed by atoms with Crippen molar-refractivity contribution in [3.8, 4) is 5.75 Å². The predicted molar refractivity (Wildman–Crippen MR) is 83.6 cm³/mol. The van der Waals surface area contributed by atoms with Crippen molar-refractivity contribution in [3.63, 3.8) is 0 Å². The van der Waals surface area contributed by atoms with E-state index in [0.717, 1.165) is 35.3 Å². The highest BCUT2D eigenvalue weighted by molar-refractivity contribution is 6.40. The van der Waals surface area contributed by atoms with E-state index in [-0.39, 0.29) is 0 Å². The molecule has 1 saturated heterocycles. The number of nitrogens with zero attached hydrogens (tertiary/aromatic N) is 1. The summed E-state index contributed by atoms with van der Waals surface area (Å²) >= 11 is 0. The lowest BCUT2D eigenvalue weighted by Crippen LogP contribution is -2.50. The summed E-state index contributed by atoms with van der Waals surface area (Å²) in [6.07, 6.45) is 4.98. The lowest BCUT2D eigenvalue weighted by molar-refractivity contribution is 0.275. The summed E-state index contributed by atoms with van der Waals surface area (Å²) in [6, 6.07) is 5.99. The van der Waals surface area contributed by atoms with E-state index >= 15 is 0 Å². The number of rotatable bonds is 4. The molecule has 2 aromatic rings. The topological polar surface area (TPSA) is 28.3 Å². The lowest BCUT2D eigenvalue weighted by atomic mass is 9.58. The van der Waals surface area contributed by atoms with Gasteiger partial charge in [-0.1, -0.05) is 0 Å². The van der Waals surface area contributed by atoms with E-state index in [1.807, 2.05) is 24.4 Å².